The van der Waals surface area contributed by atoms with Crippen molar-refractivity contribution in [2.45, 2.75) is 283 Å². The number of unbranched alkanes of at least 4 members (excludes halogenated alkanes) is 29. The number of rotatable bonds is 58. The van der Waals surface area contributed by atoms with Crippen molar-refractivity contribution in [1.82, 2.24) is 0 Å². The zero-order chi connectivity index (χ0) is 55.2. The minimum absolute atomic E-state index is 0.0422. The van der Waals surface area contributed by atoms with Crippen LogP contribution in [0.2, 0.25) is 0 Å². The van der Waals surface area contributed by atoms with E-state index in [0.717, 1.165) is 83.5 Å². The van der Waals surface area contributed by atoms with Gasteiger partial charge in [-0.2, -0.15) is 0 Å². The van der Waals surface area contributed by atoms with Crippen LogP contribution in [0.15, 0.2) is 97.2 Å². The normalized spacial score (nSPS) is 13.7. The molecule has 2 atom stereocenters. The Morgan fingerprint density at radius 1 is 0.408 bits per heavy atom. The monoisotopic (exact) mass is 1080 g/mol. The molecule has 0 saturated heterocycles. The first-order valence-corrected chi connectivity index (χ1v) is 32.7. The molecule has 2 unspecified atom stereocenters. The average molecular weight is 1080 g/mol. The molecule has 9 nitrogen and oxygen atoms in total. The lowest BCUT2D eigenvalue weighted by Crippen LogP contribution is -2.29. The van der Waals surface area contributed by atoms with E-state index < -0.39 is 32.5 Å². The molecule has 438 valence electrons. The standard InChI is InChI=1S/C66H116NO8P/c1-3-5-7-9-11-13-15-17-19-21-23-25-27-29-31-33-34-36-38-40-42-44-46-48-50-52-54-56-58-65(68)72-62-64(63-74-76(70,71)73-61-60-67)75-66(69)59-57-55-53-51-49-47-45-43-41-39-37-35-32-30-28-26-24-22-20-18-16-14-12-10-8-6-4-2/h6,8,12,14,18,20,24,26,30,32,37,39,43,45,49,51,64H,3-5,7,9-11,13,15-17,19,21-23,25,27-29,31,33-36,38,40-42,44,46-48,50,52-63,67H2,1-2H3,(H,70,71)/b8-6-,14-12-,20-18-,26-24-,32-30-,39-37-,45-43-,51-49-. The van der Waals surface area contributed by atoms with Crippen LogP contribution >= 0.6 is 7.82 Å². The van der Waals surface area contributed by atoms with Crippen LogP contribution in [0, 0.1) is 0 Å². The minimum atomic E-state index is -4.41. The molecule has 76 heavy (non-hydrogen) atoms. The smallest absolute Gasteiger partial charge is 0.462 e. The highest BCUT2D eigenvalue weighted by Gasteiger charge is 2.26. The number of nitrogens with two attached hydrogens (primary N) is 1. The van der Waals surface area contributed by atoms with E-state index in [4.69, 9.17) is 24.3 Å². The van der Waals surface area contributed by atoms with E-state index in [1.54, 1.807) is 0 Å². The van der Waals surface area contributed by atoms with Crippen molar-refractivity contribution >= 4 is 19.8 Å². The molecule has 0 fully saturated rings. The summed E-state index contributed by atoms with van der Waals surface area (Å²) in [6, 6.07) is 0. The second kappa shape index (κ2) is 61.1. The van der Waals surface area contributed by atoms with Gasteiger partial charge in [-0.1, -0.05) is 284 Å². The van der Waals surface area contributed by atoms with Crippen LogP contribution in [0.4, 0.5) is 0 Å². The fraction of sp³-hybridized carbons (Fsp3) is 0.727. The minimum Gasteiger partial charge on any atom is -0.462 e. The molecule has 0 aliphatic heterocycles. The lowest BCUT2D eigenvalue weighted by atomic mass is 10.0. The zero-order valence-corrected chi connectivity index (χ0v) is 49.9. The first-order chi connectivity index (χ1) is 37.3. The van der Waals surface area contributed by atoms with Gasteiger partial charge < -0.3 is 20.1 Å². The number of phosphoric ester groups is 1. The van der Waals surface area contributed by atoms with Crippen molar-refractivity contribution in [2.24, 2.45) is 5.73 Å². The number of hydrogen-bond donors (Lipinski definition) is 2. The van der Waals surface area contributed by atoms with Gasteiger partial charge in [-0.05, 0) is 77.0 Å². The van der Waals surface area contributed by atoms with E-state index in [9.17, 15) is 19.0 Å². The van der Waals surface area contributed by atoms with Gasteiger partial charge in [0.2, 0.25) is 0 Å². The summed E-state index contributed by atoms with van der Waals surface area (Å²) in [4.78, 5) is 35.2. The van der Waals surface area contributed by atoms with E-state index in [0.29, 0.717) is 6.42 Å². The molecule has 0 aliphatic rings. The third-order valence-corrected chi connectivity index (χ3v) is 14.2. The molecule has 10 heteroatoms. The summed E-state index contributed by atoms with van der Waals surface area (Å²) in [5.41, 5.74) is 5.38. The molecule has 0 aromatic rings. The SMILES string of the molecule is CC/C=C\C/C=C\C/C=C\C/C=C\C/C=C\C/C=C\C/C=C\C/C=C\CCCCC(=O)OC(COC(=O)CCCCCCCCCCCCCCCCCCCCCCCCCCCCCC)COP(=O)(O)OCCN. The van der Waals surface area contributed by atoms with Crippen molar-refractivity contribution in [3.05, 3.63) is 97.2 Å². The maximum atomic E-state index is 12.7. The molecular weight excluding hydrogens is 966 g/mol. The Kier molecular flexibility index (Phi) is 58.7. The van der Waals surface area contributed by atoms with Gasteiger partial charge in [0.25, 0.3) is 0 Å². The van der Waals surface area contributed by atoms with E-state index in [2.05, 4.69) is 111 Å². The van der Waals surface area contributed by atoms with Gasteiger partial charge in [0.1, 0.15) is 6.61 Å². The van der Waals surface area contributed by atoms with Crippen molar-refractivity contribution in [3.63, 3.8) is 0 Å². The number of carbonyl (C=O) groups excluding carboxylic acids is 2. The van der Waals surface area contributed by atoms with Crippen LogP contribution in [0.1, 0.15) is 277 Å². The number of allylic oxidation sites excluding steroid dienone is 16. The predicted molar refractivity (Wildman–Crippen MR) is 325 cm³/mol. The quantitative estimate of drug-likeness (QED) is 0.0264. The Bertz CT molecular complexity index is 1560. The number of hydrogen-bond acceptors (Lipinski definition) is 8. The summed E-state index contributed by atoms with van der Waals surface area (Å²) in [5.74, 6) is -0.875. The van der Waals surface area contributed by atoms with Crippen molar-refractivity contribution < 1.29 is 37.6 Å². The molecule has 3 N–H and O–H groups in total. The molecule has 0 spiro atoms. The van der Waals surface area contributed by atoms with E-state index in [-0.39, 0.29) is 32.6 Å². The van der Waals surface area contributed by atoms with Crippen molar-refractivity contribution in [1.29, 1.82) is 0 Å². The second-order valence-electron chi connectivity index (χ2n) is 20.6. The van der Waals surface area contributed by atoms with Crippen LogP contribution in [-0.4, -0.2) is 49.3 Å². The molecule has 0 rings (SSSR count). The van der Waals surface area contributed by atoms with Gasteiger partial charge in [0.15, 0.2) is 6.10 Å². The third-order valence-electron chi connectivity index (χ3n) is 13.2. The molecule has 0 saturated carbocycles. The lowest BCUT2D eigenvalue weighted by Gasteiger charge is -2.19. The van der Waals surface area contributed by atoms with Crippen LogP contribution < -0.4 is 5.73 Å². The first-order valence-electron chi connectivity index (χ1n) is 31.2. The van der Waals surface area contributed by atoms with Gasteiger partial charge in [0, 0.05) is 19.4 Å². The molecule has 0 aromatic heterocycles. The Morgan fingerprint density at radius 2 is 0.724 bits per heavy atom. The van der Waals surface area contributed by atoms with E-state index >= 15 is 0 Å². The summed E-state index contributed by atoms with van der Waals surface area (Å²) >= 11 is 0. The summed E-state index contributed by atoms with van der Waals surface area (Å²) < 4.78 is 33.0. The van der Waals surface area contributed by atoms with Crippen molar-refractivity contribution in [3.8, 4) is 0 Å². The highest BCUT2D eigenvalue weighted by molar-refractivity contribution is 7.47. The van der Waals surface area contributed by atoms with Gasteiger partial charge in [-0.25, -0.2) is 4.57 Å². The highest BCUT2D eigenvalue weighted by atomic mass is 31.2. The van der Waals surface area contributed by atoms with Crippen LogP contribution in [-0.2, 0) is 32.7 Å². The molecule has 0 aliphatic carbocycles. The maximum Gasteiger partial charge on any atom is 0.472 e. The number of carbonyl (C=O) groups is 2. The van der Waals surface area contributed by atoms with Crippen LogP contribution in [0.5, 0.6) is 0 Å². The van der Waals surface area contributed by atoms with E-state index in [1.165, 1.54) is 161 Å². The van der Waals surface area contributed by atoms with Gasteiger partial charge >= 0.3 is 19.8 Å². The van der Waals surface area contributed by atoms with E-state index in [1.807, 2.05) is 0 Å². The molecule has 0 aromatic carbocycles. The fourth-order valence-corrected chi connectivity index (χ4v) is 9.42. The Hall–Kier alpha value is -3.07. The van der Waals surface area contributed by atoms with Gasteiger partial charge in [-0.15, -0.1) is 0 Å². The van der Waals surface area contributed by atoms with Crippen LogP contribution in [0.25, 0.3) is 0 Å². The van der Waals surface area contributed by atoms with Gasteiger partial charge in [0.05, 0.1) is 13.2 Å². The Labute approximate surface area is 467 Å². The summed E-state index contributed by atoms with van der Waals surface area (Å²) in [6.45, 7) is 3.61. The largest absolute Gasteiger partial charge is 0.472 e. The van der Waals surface area contributed by atoms with Crippen molar-refractivity contribution in [2.75, 3.05) is 26.4 Å². The second-order valence-corrected chi connectivity index (χ2v) is 22.0. The average Bonchev–Trinajstić information content (AvgIpc) is 3.41. The Morgan fingerprint density at radius 3 is 1.08 bits per heavy atom. The number of phosphoric acid groups is 1. The van der Waals surface area contributed by atoms with Crippen LogP contribution in [0.3, 0.4) is 0 Å². The zero-order valence-electron chi connectivity index (χ0n) is 49.0. The summed E-state index contributed by atoms with van der Waals surface area (Å²) in [7, 11) is -4.41. The lowest BCUT2D eigenvalue weighted by molar-refractivity contribution is -0.161. The first kappa shape index (κ1) is 72.9. The molecule has 0 amide bonds. The molecule has 0 radical (unpaired) electrons. The summed E-state index contributed by atoms with van der Waals surface area (Å²) in [6.07, 6.45) is 82.0. The number of esters is 2. The molecular formula is C66H116NO8P. The highest BCUT2D eigenvalue weighted by Crippen LogP contribution is 2.43. The predicted octanol–water partition coefficient (Wildman–Crippen LogP) is 20.0. The third kappa shape index (κ3) is 60.2. The molecule has 0 bridgehead atoms. The molecule has 0 heterocycles. The Balaban J connectivity index is 4.02. The maximum absolute atomic E-state index is 12.7. The summed E-state index contributed by atoms with van der Waals surface area (Å²) in [5, 5.41) is 0. The van der Waals surface area contributed by atoms with Gasteiger partial charge in [-0.3, -0.25) is 18.6 Å². The fourth-order valence-electron chi connectivity index (χ4n) is 8.65. The topological polar surface area (TPSA) is 134 Å². The number of ether oxygens (including phenoxy) is 2.